The normalized spacial score (nSPS) is 10.1. The highest BCUT2D eigenvalue weighted by Crippen LogP contribution is 2.26. The van der Waals surface area contributed by atoms with Crippen molar-refractivity contribution in [1.82, 2.24) is 0 Å². The summed E-state index contributed by atoms with van der Waals surface area (Å²) in [7, 11) is 0. The first kappa shape index (κ1) is 10.8. The molecule has 2 aromatic carbocycles. The van der Waals surface area contributed by atoms with Crippen molar-refractivity contribution in [1.29, 1.82) is 0 Å². The van der Waals surface area contributed by atoms with E-state index < -0.39 is 0 Å². The number of nitrogens with one attached hydrogen (secondary N) is 1. The quantitative estimate of drug-likeness (QED) is 0.769. The molecule has 0 fully saturated rings. The smallest absolute Gasteiger partial charge is 0.0632 e. The van der Waals surface area contributed by atoms with Crippen molar-refractivity contribution < 1.29 is 0 Å². The van der Waals surface area contributed by atoms with Crippen molar-refractivity contribution in [2.45, 2.75) is 6.92 Å². The maximum absolute atomic E-state index is 5.92. The molecule has 0 saturated carbocycles. The van der Waals surface area contributed by atoms with Gasteiger partial charge in [0.15, 0.2) is 0 Å². The van der Waals surface area contributed by atoms with E-state index in [4.69, 9.17) is 17.3 Å². The van der Waals surface area contributed by atoms with E-state index in [2.05, 4.69) is 11.4 Å². The van der Waals surface area contributed by atoms with Gasteiger partial charge in [-0.2, -0.15) is 0 Å². The number of benzene rings is 2. The molecule has 0 atom stereocenters. The summed E-state index contributed by atoms with van der Waals surface area (Å²) < 4.78 is 0. The fourth-order valence-corrected chi connectivity index (χ4v) is 1.69. The van der Waals surface area contributed by atoms with E-state index >= 15 is 0 Å². The molecule has 0 bridgehead atoms. The fourth-order valence-electron chi connectivity index (χ4n) is 1.52. The molecule has 0 aliphatic carbocycles. The second kappa shape index (κ2) is 4.45. The Kier molecular flexibility index (Phi) is 3.02. The maximum atomic E-state index is 5.92. The Morgan fingerprint density at radius 3 is 2.69 bits per heavy atom. The monoisotopic (exact) mass is 232 g/mol. The third-order valence-electron chi connectivity index (χ3n) is 2.31. The number of halogens is 1. The highest BCUT2D eigenvalue weighted by atomic mass is 35.5. The van der Waals surface area contributed by atoms with Gasteiger partial charge in [0.05, 0.1) is 11.4 Å². The highest BCUT2D eigenvalue weighted by molar-refractivity contribution is 6.31. The molecule has 0 amide bonds. The Bertz CT molecular complexity index is 509. The molecule has 0 aliphatic rings. The van der Waals surface area contributed by atoms with Crippen LogP contribution < -0.4 is 11.1 Å². The lowest BCUT2D eigenvalue weighted by atomic mass is 10.2. The zero-order valence-corrected chi connectivity index (χ0v) is 9.75. The van der Waals surface area contributed by atoms with Gasteiger partial charge in [-0.1, -0.05) is 23.7 Å². The molecular formula is C13H13ClN2. The molecule has 0 aliphatic heterocycles. The Hall–Kier alpha value is -1.67. The van der Waals surface area contributed by atoms with Gasteiger partial charge >= 0.3 is 0 Å². The maximum Gasteiger partial charge on any atom is 0.0632 e. The summed E-state index contributed by atoms with van der Waals surface area (Å²) in [5.74, 6) is 0. The number of anilines is 3. The molecule has 3 N–H and O–H groups in total. The van der Waals surface area contributed by atoms with E-state index in [9.17, 15) is 0 Å². The summed E-state index contributed by atoms with van der Waals surface area (Å²) in [6.07, 6.45) is 0. The van der Waals surface area contributed by atoms with Crippen LogP contribution in [0.3, 0.4) is 0 Å². The molecule has 16 heavy (non-hydrogen) atoms. The summed E-state index contributed by atoms with van der Waals surface area (Å²) in [5, 5.41) is 3.92. The summed E-state index contributed by atoms with van der Waals surface area (Å²) in [4.78, 5) is 0. The second-order valence-electron chi connectivity index (χ2n) is 3.73. The summed E-state index contributed by atoms with van der Waals surface area (Å²) in [6.45, 7) is 2.05. The number of aryl methyl sites for hydroxylation is 1. The van der Waals surface area contributed by atoms with E-state index in [1.165, 1.54) is 5.56 Å². The Morgan fingerprint density at radius 2 is 1.94 bits per heavy atom. The number of hydrogen-bond donors (Lipinski definition) is 2. The van der Waals surface area contributed by atoms with Crippen LogP contribution in [-0.2, 0) is 0 Å². The summed E-state index contributed by atoms with van der Waals surface area (Å²) in [5.41, 5.74) is 9.58. The van der Waals surface area contributed by atoms with Crippen LogP contribution in [0.15, 0.2) is 42.5 Å². The van der Waals surface area contributed by atoms with Crippen molar-refractivity contribution in [3.8, 4) is 0 Å². The van der Waals surface area contributed by atoms with Crippen LogP contribution in [0.4, 0.5) is 17.1 Å². The van der Waals surface area contributed by atoms with Gasteiger partial charge in [-0.15, -0.1) is 0 Å². The van der Waals surface area contributed by atoms with Crippen LogP contribution in [0.1, 0.15) is 5.56 Å². The number of nitrogen functional groups attached to an aromatic ring is 1. The van der Waals surface area contributed by atoms with Gasteiger partial charge in [0, 0.05) is 10.7 Å². The third-order valence-corrected chi connectivity index (χ3v) is 2.55. The van der Waals surface area contributed by atoms with Crippen LogP contribution in [0.5, 0.6) is 0 Å². The van der Waals surface area contributed by atoms with Crippen LogP contribution in [0.2, 0.25) is 5.02 Å². The zero-order valence-electron chi connectivity index (χ0n) is 9.00. The lowest BCUT2D eigenvalue weighted by molar-refractivity contribution is 1.45. The predicted molar refractivity (Wildman–Crippen MR) is 70.3 cm³/mol. The average Bonchev–Trinajstić information content (AvgIpc) is 2.24. The minimum atomic E-state index is 0.671. The topological polar surface area (TPSA) is 38.0 Å². The molecule has 0 saturated heterocycles. The van der Waals surface area contributed by atoms with Crippen LogP contribution in [-0.4, -0.2) is 0 Å². The van der Waals surface area contributed by atoms with Crippen LogP contribution >= 0.6 is 11.6 Å². The first-order valence-corrected chi connectivity index (χ1v) is 5.42. The molecular weight excluding hydrogens is 220 g/mol. The summed E-state index contributed by atoms with van der Waals surface area (Å²) in [6, 6.07) is 13.5. The lowest BCUT2D eigenvalue weighted by Crippen LogP contribution is -1.96. The molecule has 0 spiro atoms. The minimum absolute atomic E-state index is 0.671. The molecule has 0 radical (unpaired) electrons. The van der Waals surface area contributed by atoms with Gasteiger partial charge in [0.2, 0.25) is 0 Å². The Morgan fingerprint density at radius 1 is 1.12 bits per heavy atom. The van der Waals surface area contributed by atoms with E-state index in [0.717, 1.165) is 11.4 Å². The van der Waals surface area contributed by atoms with Gasteiger partial charge in [0.25, 0.3) is 0 Å². The molecule has 2 rings (SSSR count). The van der Waals surface area contributed by atoms with Gasteiger partial charge in [-0.3, -0.25) is 0 Å². The standard InChI is InChI=1S/C13H13ClN2/c1-9-3-2-4-11(7-9)16-13-8-10(14)5-6-12(13)15/h2-8,16H,15H2,1H3. The molecule has 0 heterocycles. The van der Waals surface area contributed by atoms with Gasteiger partial charge in [-0.25, -0.2) is 0 Å². The van der Waals surface area contributed by atoms with Gasteiger partial charge < -0.3 is 11.1 Å². The molecule has 2 nitrogen and oxygen atoms in total. The van der Waals surface area contributed by atoms with Gasteiger partial charge in [0.1, 0.15) is 0 Å². The van der Waals surface area contributed by atoms with Crippen molar-refractivity contribution in [3.63, 3.8) is 0 Å². The number of nitrogens with two attached hydrogens (primary N) is 1. The van der Waals surface area contributed by atoms with E-state index in [-0.39, 0.29) is 0 Å². The minimum Gasteiger partial charge on any atom is -0.397 e. The Labute approximate surface area is 100 Å². The van der Waals surface area contributed by atoms with Crippen molar-refractivity contribution >= 4 is 28.7 Å². The Balaban J connectivity index is 2.30. The fraction of sp³-hybridized carbons (Fsp3) is 0.0769. The lowest BCUT2D eigenvalue weighted by Gasteiger charge is -2.10. The van der Waals surface area contributed by atoms with E-state index in [1.807, 2.05) is 31.2 Å². The molecule has 82 valence electrons. The number of rotatable bonds is 2. The van der Waals surface area contributed by atoms with Crippen molar-refractivity contribution in [2.75, 3.05) is 11.1 Å². The highest BCUT2D eigenvalue weighted by Gasteiger charge is 2.00. The average molecular weight is 233 g/mol. The summed E-state index contributed by atoms with van der Waals surface area (Å²) >= 11 is 5.92. The van der Waals surface area contributed by atoms with Gasteiger partial charge in [-0.05, 0) is 42.8 Å². The predicted octanol–water partition coefficient (Wildman–Crippen LogP) is 3.97. The SMILES string of the molecule is Cc1cccc(Nc2cc(Cl)ccc2N)c1. The second-order valence-corrected chi connectivity index (χ2v) is 4.16. The van der Waals surface area contributed by atoms with Crippen molar-refractivity contribution in [2.24, 2.45) is 0 Å². The third kappa shape index (κ3) is 2.47. The zero-order chi connectivity index (χ0) is 11.5. The number of hydrogen-bond acceptors (Lipinski definition) is 2. The van der Waals surface area contributed by atoms with Crippen LogP contribution in [0, 0.1) is 6.92 Å². The van der Waals surface area contributed by atoms with Crippen LogP contribution in [0.25, 0.3) is 0 Å². The molecule has 0 aromatic heterocycles. The first-order valence-electron chi connectivity index (χ1n) is 5.04. The van der Waals surface area contributed by atoms with E-state index in [1.54, 1.807) is 12.1 Å². The first-order chi connectivity index (χ1) is 7.65. The van der Waals surface area contributed by atoms with Crippen molar-refractivity contribution in [3.05, 3.63) is 53.1 Å². The molecule has 2 aromatic rings. The molecule has 0 unspecified atom stereocenters. The van der Waals surface area contributed by atoms with E-state index in [0.29, 0.717) is 10.7 Å². The largest absolute Gasteiger partial charge is 0.397 e. The molecule has 3 heteroatoms.